The SMILES string of the molecule is NS(=O)(=O)c1ccc2nc(Nc3nc4ccc(Cl)cc4s3)sc2c1. The lowest BCUT2D eigenvalue weighted by Gasteiger charge is -1.95. The second kappa shape index (κ2) is 5.64. The number of nitrogens with two attached hydrogens (primary N) is 1. The number of hydrogen-bond acceptors (Lipinski definition) is 7. The maximum atomic E-state index is 11.4. The van der Waals surface area contributed by atoms with Crippen molar-refractivity contribution < 1.29 is 8.42 Å². The molecule has 0 bridgehead atoms. The zero-order chi connectivity index (χ0) is 16.9. The molecular formula is C14H9ClN4O2S3. The van der Waals surface area contributed by atoms with Crippen LogP contribution in [0.3, 0.4) is 0 Å². The number of aromatic nitrogens is 2. The zero-order valence-electron chi connectivity index (χ0n) is 11.9. The first kappa shape index (κ1) is 15.7. The molecule has 122 valence electrons. The van der Waals surface area contributed by atoms with Gasteiger partial charge in [-0.1, -0.05) is 34.3 Å². The van der Waals surface area contributed by atoms with E-state index >= 15 is 0 Å². The molecule has 2 heterocycles. The number of hydrogen-bond donors (Lipinski definition) is 2. The molecule has 0 saturated heterocycles. The summed E-state index contributed by atoms with van der Waals surface area (Å²) in [7, 11) is -3.73. The fourth-order valence-corrected chi connectivity index (χ4v) is 4.90. The molecule has 24 heavy (non-hydrogen) atoms. The van der Waals surface area contributed by atoms with Gasteiger partial charge in [0.1, 0.15) is 0 Å². The Balaban J connectivity index is 1.70. The first-order chi connectivity index (χ1) is 11.4. The molecule has 4 rings (SSSR count). The van der Waals surface area contributed by atoms with Gasteiger partial charge in [0.05, 0.1) is 25.3 Å². The molecule has 0 aliphatic heterocycles. The summed E-state index contributed by atoms with van der Waals surface area (Å²) in [5.74, 6) is 0. The summed E-state index contributed by atoms with van der Waals surface area (Å²) < 4.78 is 24.6. The number of fused-ring (bicyclic) bond motifs is 2. The van der Waals surface area contributed by atoms with Gasteiger partial charge in [0, 0.05) is 5.02 Å². The van der Waals surface area contributed by atoms with E-state index in [2.05, 4.69) is 15.3 Å². The molecule has 0 aliphatic rings. The van der Waals surface area contributed by atoms with Crippen LogP contribution in [0.4, 0.5) is 10.3 Å². The molecule has 0 amide bonds. The van der Waals surface area contributed by atoms with Crippen molar-refractivity contribution >= 4 is 75.0 Å². The minimum Gasteiger partial charge on any atom is -0.307 e. The van der Waals surface area contributed by atoms with Gasteiger partial charge in [-0.3, -0.25) is 0 Å². The summed E-state index contributed by atoms with van der Waals surface area (Å²) in [5.41, 5.74) is 1.54. The Labute approximate surface area is 150 Å². The largest absolute Gasteiger partial charge is 0.307 e. The van der Waals surface area contributed by atoms with Gasteiger partial charge >= 0.3 is 0 Å². The molecule has 10 heteroatoms. The lowest BCUT2D eigenvalue weighted by atomic mass is 10.3. The van der Waals surface area contributed by atoms with Crippen molar-refractivity contribution in [1.29, 1.82) is 0 Å². The number of benzene rings is 2. The standard InChI is InChI=1S/C14H9ClN4O2S3/c15-7-1-3-9-11(5-7)22-13(17-9)19-14-18-10-4-2-8(24(16,20)21)6-12(10)23-14/h1-6H,(H2,16,20,21)(H,17,18,19). The molecule has 0 fully saturated rings. The lowest BCUT2D eigenvalue weighted by molar-refractivity contribution is 0.598. The molecule has 2 aromatic heterocycles. The molecule has 6 nitrogen and oxygen atoms in total. The van der Waals surface area contributed by atoms with Crippen LogP contribution in [0.25, 0.3) is 20.4 Å². The number of primary sulfonamides is 1. The average Bonchev–Trinajstić information content (AvgIpc) is 3.07. The van der Waals surface area contributed by atoms with Crippen molar-refractivity contribution in [2.75, 3.05) is 5.32 Å². The third-order valence-corrected chi connectivity index (χ3v) is 6.27. The van der Waals surface area contributed by atoms with Gasteiger partial charge in [-0.2, -0.15) is 0 Å². The molecule has 4 aromatic rings. The van der Waals surface area contributed by atoms with Crippen molar-refractivity contribution in [3.63, 3.8) is 0 Å². The van der Waals surface area contributed by atoms with E-state index in [1.807, 2.05) is 12.1 Å². The van der Waals surface area contributed by atoms with E-state index in [0.717, 1.165) is 14.9 Å². The van der Waals surface area contributed by atoms with Crippen LogP contribution < -0.4 is 10.5 Å². The van der Waals surface area contributed by atoms with E-state index in [0.29, 0.717) is 20.8 Å². The topological polar surface area (TPSA) is 98.0 Å². The van der Waals surface area contributed by atoms with Crippen molar-refractivity contribution in [2.24, 2.45) is 5.14 Å². The third-order valence-electron chi connectivity index (χ3n) is 3.25. The lowest BCUT2D eigenvalue weighted by Crippen LogP contribution is -2.11. The quantitative estimate of drug-likeness (QED) is 0.546. The number of sulfonamides is 1. The molecule has 0 radical (unpaired) electrons. The van der Waals surface area contributed by atoms with Crippen molar-refractivity contribution in [3.8, 4) is 0 Å². The second-order valence-corrected chi connectivity index (χ2v) is 9.01. The molecule has 0 spiro atoms. The Morgan fingerprint density at radius 2 is 1.54 bits per heavy atom. The maximum Gasteiger partial charge on any atom is 0.238 e. The highest BCUT2D eigenvalue weighted by molar-refractivity contribution is 7.89. The molecular weight excluding hydrogens is 388 g/mol. The number of thiazole rings is 2. The molecule has 0 unspecified atom stereocenters. The minimum absolute atomic E-state index is 0.0693. The summed E-state index contributed by atoms with van der Waals surface area (Å²) >= 11 is 8.78. The van der Waals surface area contributed by atoms with Crippen LogP contribution in [0.2, 0.25) is 5.02 Å². The van der Waals surface area contributed by atoms with E-state index in [9.17, 15) is 8.42 Å². The zero-order valence-corrected chi connectivity index (χ0v) is 15.1. The maximum absolute atomic E-state index is 11.4. The fourth-order valence-electron chi connectivity index (χ4n) is 2.18. The van der Waals surface area contributed by atoms with Crippen LogP contribution in [0.1, 0.15) is 0 Å². The Kier molecular flexibility index (Phi) is 3.70. The Bertz CT molecular complexity index is 1180. The fraction of sp³-hybridized carbons (Fsp3) is 0. The van der Waals surface area contributed by atoms with Gasteiger partial charge in [-0.05, 0) is 36.4 Å². The molecule has 0 aliphatic carbocycles. The minimum atomic E-state index is -3.73. The number of nitrogens with zero attached hydrogens (tertiary/aromatic N) is 2. The molecule has 3 N–H and O–H groups in total. The van der Waals surface area contributed by atoms with Crippen LogP contribution in [0, 0.1) is 0 Å². The number of anilines is 2. The van der Waals surface area contributed by atoms with Gasteiger partial charge in [-0.25, -0.2) is 23.5 Å². The first-order valence-corrected chi connectivity index (χ1v) is 10.2. The summed E-state index contributed by atoms with van der Waals surface area (Å²) in [4.78, 5) is 8.98. The van der Waals surface area contributed by atoms with E-state index in [1.54, 1.807) is 12.1 Å². The van der Waals surface area contributed by atoms with Gasteiger partial charge < -0.3 is 5.32 Å². The van der Waals surface area contributed by atoms with Gasteiger partial charge in [-0.15, -0.1) is 0 Å². The summed E-state index contributed by atoms with van der Waals surface area (Å²) in [6.45, 7) is 0. The average molecular weight is 397 g/mol. The van der Waals surface area contributed by atoms with Crippen molar-refractivity contribution in [3.05, 3.63) is 41.4 Å². The third kappa shape index (κ3) is 2.96. The van der Waals surface area contributed by atoms with Crippen LogP contribution in [-0.2, 0) is 10.0 Å². The summed E-state index contributed by atoms with van der Waals surface area (Å²) in [6.07, 6.45) is 0. The normalized spacial score (nSPS) is 12.1. The van der Waals surface area contributed by atoms with Crippen molar-refractivity contribution in [1.82, 2.24) is 9.97 Å². The van der Waals surface area contributed by atoms with E-state index in [4.69, 9.17) is 16.7 Å². The predicted octanol–water partition coefficient (Wildman–Crippen LogP) is 3.95. The van der Waals surface area contributed by atoms with Gasteiger partial charge in [0.15, 0.2) is 10.3 Å². The van der Waals surface area contributed by atoms with E-state index in [-0.39, 0.29) is 4.90 Å². The Morgan fingerprint density at radius 1 is 0.958 bits per heavy atom. The van der Waals surface area contributed by atoms with Gasteiger partial charge in [0.2, 0.25) is 10.0 Å². The number of nitrogens with one attached hydrogen (secondary N) is 1. The predicted molar refractivity (Wildman–Crippen MR) is 98.9 cm³/mol. The first-order valence-electron chi connectivity index (χ1n) is 6.65. The monoisotopic (exact) mass is 396 g/mol. The van der Waals surface area contributed by atoms with Crippen LogP contribution in [0.15, 0.2) is 41.3 Å². The number of rotatable bonds is 3. The van der Waals surface area contributed by atoms with Crippen LogP contribution in [0.5, 0.6) is 0 Å². The van der Waals surface area contributed by atoms with Crippen LogP contribution >= 0.6 is 34.3 Å². The molecule has 0 atom stereocenters. The highest BCUT2D eigenvalue weighted by Gasteiger charge is 2.12. The van der Waals surface area contributed by atoms with Crippen molar-refractivity contribution in [2.45, 2.75) is 4.90 Å². The van der Waals surface area contributed by atoms with Crippen LogP contribution in [-0.4, -0.2) is 18.4 Å². The summed E-state index contributed by atoms with van der Waals surface area (Å²) in [6, 6.07) is 10.1. The van der Waals surface area contributed by atoms with E-state index in [1.165, 1.54) is 34.8 Å². The Hall–Kier alpha value is -1.78. The van der Waals surface area contributed by atoms with Gasteiger partial charge in [0.25, 0.3) is 0 Å². The van der Waals surface area contributed by atoms with E-state index < -0.39 is 10.0 Å². The Morgan fingerprint density at radius 3 is 2.17 bits per heavy atom. The second-order valence-electron chi connectivity index (χ2n) is 4.95. The number of halogens is 1. The smallest absolute Gasteiger partial charge is 0.238 e. The molecule has 2 aromatic carbocycles. The molecule has 0 saturated carbocycles. The summed E-state index contributed by atoms with van der Waals surface area (Å²) in [5, 5.41) is 10.3. The highest BCUT2D eigenvalue weighted by Crippen LogP contribution is 2.33. The highest BCUT2D eigenvalue weighted by atomic mass is 35.5.